The first-order valence-electron chi connectivity index (χ1n) is 7.78. The highest BCUT2D eigenvalue weighted by atomic mass is 19.1. The van der Waals surface area contributed by atoms with Gasteiger partial charge in [0.15, 0.2) is 5.70 Å². The molecule has 5 N–H and O–H groups in total. The van der Waals surface area contributed by atoms with Gasteiger partial charge in [-0.15, -0.1) is 0 Å². The van der Waals surface area contributed by atoms with Crippen molar-refractivity contribution in [1.82, 2.24) is 15.8 Å². The number of amidine groups is 1. The zero-order valence-electron chi connectivity index (χ0n) is 14.0. The predicted molar refractivity (Wildman–Crippen MR) is 97.8 cm³/mol. The Kier molecular flexibility index (Phi) is 4.66. The first-order chi connectivity index (χ1) is 12.5. The smallest absolute Gasteiger partial charge is 0.299 e. The normalized spacial score (nSPS) is 16.7. The molecule has 132 valence electrons. The van der Waals surface area contributed by atoms with E-state index in [1.54, 1.807) is 37.3 Å². The average Bonchev–Trinajstić information content (AvgIpc) is 2.95. The molecule has 2 aliphatic heterocycles. The number of benzene rings is 1. The third-order valence-electron chi connectivity index (χ3n) is 3.74. The van der Waals surface area contributed by atoms with Crippen molar-refractivity contribution in [3.63, 3.8) is 0 Å². The number of rotatable bonds is 4. The summed E-state index contributed by atoms with van der Waals surface area (Å²) in [4.78, 5) is 16.4. The van der Waals surface area contributed by atoms with Gasteiger partial charge in [-0.3, -0.25) is 10.2 Å². The summed E-state index contributed by atoms with van der Waals surface area (Å²) in [5.41, 5.74) is 10.4. The molecule has 0 radical (unpaired) electrons. The molecular formula is C18H17FN6O. The van der Waals surface area contributed by atoms with E-state index in [9.17, 15) is 9.18 Å². The lowest BCUT2D eigenvalue weighted by Gasteiger charge is -2.27. The Bertz CT molecular complexity index is 925. The summed E-state index contributed by atoms with van der Waals surface area (Å²) in [6.45, 7) is 1.73. The summed E-state index contributed by atoms with van der Waals surface area (Å²) in [5.74, 6) is -0.330. The highest BCUT2D eigenvalue weighted by Gasteiger charge is 2.32. The van der Waals surface area contributed by atoms with E-state index >= 15 is 0 Å². The number of nitrogens with two attached hydrogens (primary N) is 1. The molecule has 0 saturated heterocycles. The molecule has 0 unspecified atom stereocenters. The quantitative estimate of drug-likeness (QED) is 0.488. The molecule has 1 aromatic rings. The molecule has 0 saturated carbocycles. The maximum absolute atomic E-state index is 14.1. The van der Waals surface area contributed by atoms with E-state index < -0.39 is 5.91 Å². The monoisotopic (exact) mass is 352 g/mol. The minimum Gasteiger partial charge on any atom is -0.384 e. The molecule has 8 heteroatoms. The van der Waals surface area contributed by atoms with Gasteiger partial charge in [-0.25, -0.2) is 9.40 Å². The van der Waals surface area contributed by atoms with E-state index in [-0.39, 0.29) is 17.3 Å². The Morgan fingerprint density at radius 3 is 2.85 bits per heavy atom. The second kappa shape index (κ2) is 7.06. The van der Waals surface area contributed by atoms with Crippen molar-refractivity contribution < 1.29 is 9.18 Å². The van der Waals surface area contributed by atoms with Crippen LogP contribution in [0.5, 0.6) is 0 Å². The van der Waals surface area contributed by atoms with Crippen LogP contribution >= 0.6 is 0 Å². The summed E-state index contributed by atoms with van der Waals surface area (Å²) >= 11 is 0. The summed E-state index contributed by atoms with van der Waals surface area (Å²) in [5, 5.41) is 11.5. The number of hydrazine groups is 1. The summed E-state index contributed by atoms with van der Waals surface area (Å²) in [7, 11) is 0. The van der Waals surface area contributed by atoms with Crippen molar-refractivity contribution in [2.24, 2.45) is 10.7 Å². The molecule has 0 bridgehead atoms. The third-order valence-corrected chi connectivity index (χ3v) is 3.74. The fourth-order valence-corrected chi connectivity index (χ4v) is 2.59. The summed E-state index contributed by atoms with van der Waals surface area (Å²) in [6.07, 6.45) is 7.22. The van der Waals surface area contributed by atoms with Gasteiger partial charge in [0.05, 0.1) is 5.70 Å². The topological polar surface area (TPSA) is 107 Å². The van der Waals surface area contributed by atoms with Crippen molar-refractivity contribution >= 4 is 23.7 Å². The van der Waals surface area contributed by atoms with Crippen LogP contribution in [0.25, 0.3) is 5.70 Å². The van der Waals surface area contributed by atoms with Gasteiger partial charge < -0.3 is 16.5 Å². The van der Waals surface area contributed by atoms with Crippen molar-refractivity contribution in [1.29, 1.82) is 5.41 Å². The van der Waals surface area contributed by atoms with Gasteiger partial charge in [-0.05, 0) is 43.4 Å². The summed E-state index contributed by atoms with van der Waals surface area (Å²) < 4.78 is 14.1. The van der Waals surface area contributed by atoms with Crippen LogP contribution in [0.2, 0.25) is 0 Å². The number of amides is 1. The maximum atomic E-state index is 14.1. The first-order valence-corrected chi connectivity index (χ1v) is 7.78. The Hall–Kier alpha value is -3.68. The van der Waals surface area contributed by atoms with E-state index in [1.807, 2.05) is 0 Å². The molecule has 2 heterocycles. The Morgan fingerprint density at radius 1 is 1.35 bits per heavy atom. The number of fused-ring (bicyclic) bond motifs is 1. The zero-order chi connectivity index (χ0) is 18.7. The lowest BCUT2D eigenvalue weighted by Crippen LogP contribution is -2.38. The average molecular weight is 352 g/mol. The molecule has 3 rings (SSSR count). The molecule has 0 aromatic heterocycles. The molecule has 2 aliphatic rings. The van der Waals surface area contributed by atoms with E-state index in [2.05, 4.69) is 15.7 Å². The lowest BCUT2D eigenvalue weighted by atomic mass is 10.1. The van der Waals surface area contributed by atoms with Gasteiger partial charge in [0, 0.05) is 17.5 Å². The molecule has 0 aliphatic carbocycles. The standard InChI is InChI=1S/C18H17FN6O/c1-11-17(18(26)23-15(21)7-4-10-20)25-16(22-11)9-8-14(24-25)12-5-2-3-6-13(12)19/h2-10,20,22,24H,1H3,(H2,21,23,26)/b7-4-,20-10?. The number of carbonyl (C=O) groups excluding carboxylic acids is 1. The fourth-order valence-electron chi connectivity index (χ4n) is 2.59. The van der Waals surface area contributed by atoms with Crippen molar-refractivity contribution in [3.05, 3.63) is 77.2 Å². The minimum atomic E-state index is -0.562. The second-order valence-electron chi connectivity index (χ2n) is 5.53. The molecule has 7 nitrogen and oxygen atoms in total. The fraction of sp³-hybridized carbons (Fsp3) is 0.0556. The number of hydrogen-bond donors (Lipinski definition) is 4. The minimum absolute atomic E-state index is 0.0156. The van der Waals surface area contributed by atoms with Gasteiger partial charge >= 0.3 is 0 Å². The highest BCUT2D eigenvalue weighted by molar-refractivity contribution is 6.07. The number of nitrogens with one attached hydrogen (secondary N) is 3. The second-order valence-corrected chi connectivity index (χ2v) is 5.53. The van der Waals surface area contributed by atoms with Crippen LogP contribution < -0.4 is 16.5 Å². The van der Waals surface area contributed by atoms with E-state index in [0.717, 1.165) is 6.21 Å². The Balaban J connectivity index is 1.88. The zero-order valence-corrected chi connectivity index (χ0v) is 14.0. The van der Waals surface area contributed by atoms with Crippen LogP contribution in [0, 0.1) is 11.2 Å². The first kappa shape index (κ1) is 17.2. The molecule has 0 atom stereocenters. The number of allylic oxidation sites excluding steroid dienone is 4. The lowest BCUT2D eigenvalue weighted by molar-refractivity contribution is -0.115. The van der Waals surface area contributed by atoms with Crippen LogP contribution in [0.15, 0.2) is 70.8 Å². The van der Waals surface area contributed by atoms with Crippen LogP contribution in [0.3, 0.4) is 0 Å². The predicted octanol–water partition coefficient (Wildman–Crippen LogP) is 1.75. The van der Waals surface area contributed by atoms with E-state index in [1.165, 1.54) is 23.2 Å². The molecule has 0 spiro atoms. The van der Waals surface area contributed by atoms with Crippen molar-refractivity contribution in [2.75, 3.05) is 0 Å². The SMILES string of the molecule is CC1=C(C(=O)N=C(N)/C=C\C=N)N2NC(c3ccccc3F)=CC=C2N1. The number of carbonyl (C=O) groups is 1. The van der Waals surface area contributed by atoms with Gasteiger partial charge in [-0.1, -0.05) is 12.1 Å². The highest BCUT2D eigenvalue weighted by Crippen LogP contribution is 2.28. The Labute approximate surface area is 149 Å². The van der Waals surface area contributed by atoms with Gasteiger partial charge in [-0.2, -0.15) is 4.99 Å². The largest absolute Gasteiger partial charge is 0.384 e. The van der Waals surface area contributed by atoms with Crippen molar-refractivity contribution in [2.45, 2.75) is 6.92 Å². The van der Waals surface area contributed by atoms with Crippen LogP contribution in [0.1, 0.15) is 12.5 Å². The van der Waals surface area contributed by atoms with E-state index in [4.69, 9.17) is 11.1 Å². The molecule has 1 amide bonds. The number of halogens is 1. The number of hydrogen-bond acceptors (Lipinski definition) is 5. The van der Waals surface area contributed by atoms with E-state index in [0.29, 0.717) is 22.8 Å². The Morgan fingerprint density at radius 2 is 2.12 bits per heavy atom. The third kappa shape index (κ3) is 3.25. The van der Waals surface area contributed by atoms with Gasteiger partial charge in [0.25, 0.3) is 5.91 Å². The van der Waals surface area contributed by atoms with Gasteiger partial charge in [0.1, 0.15) is 17.5 Å². The molecular weight excluding hydrogens is 335 g/mol. The summed E-state index contributed by atoms with van der Waals surface area (Å²) in [6, 6.07) is 6.36. The molecule has 1 aromatic carbocycles. The van der Waals surface area contributed by atoms with Crippen molar-refractivity contribution in [3.8, 4) is 0 Å². The van der Waals surface area contributed by atoms with Crippen LogP contribution in [-0.4, -0.2) is 23.0 Å². The maximum Gasteiger partial charge on any atom is 0.299 e. The number of nitrogens with zero attached hydrogens (tertiary/aromatic N) is 2. The molecule has 0 fully saturated rings. The number of aliphatic imine (C=N–C) groups is 1. The van der Waals surface area contributed by atoms with Gasteiger partial charge in [0.2, 0.25) is 0 Å². The van der Waals surface area contributed by atoms with Crippen LogP contribution in [-0.2, 0) is 4.79 Å². The van der Waals surface area contributed by atoms with Crippen LogP contribution in [0.4, 0.5) is 4.39 Å². The molecule has 26 heavy (non-hydrogen) atoms.